The second-order valence-electron chi connectivity index (χ2n) is 5.08. The summed E-state index contributed by atoms with van der Waals surface area (Å²) in [4.78, 5) is 22.8. The van der Waals surface area contributed by atoms with Crippen molar-refractivity contribution in [3.05, 3.63) is 0 Å². The Kier molecular flexibility index (Phi) is 5.33. The molecule has 1 N–H and O–H groups in total. The summed E-state index contributed by atoms with van der Waals surface area (Å²) in [6.45, 7) is 5.75. The molecule has 0 aromatic rings. The minimum atomic E-state index is -4.24. The summed E-state index contributed by atoms with van der Waals surface area (Å²) in [5.74, 6) is -1.45. The number of carboxylic acid groups (broad SMARTS) is 1. The van der Waals surface area contributed by atoms with Gasteiger partial charge in [-0.2, -0.15) is 17.0 Å². The molecule has 0 rings (SSSR count). The number of rotatable bonds is 4. The lowest BCUT2D eigenvalue weighted by Gasteiger charge is -2.30. The number of carboxylic acids is 1. The van der Waals surface area contributed by atoms with Crippen LogP contribution in [0.1, 0.15) is 27.7 Å². The molecular weight excluding hydrogens is 276 g/mol. The fourth-order valence-electron chi connectivity index (χ4n) is 1.04. The highest BCUT2D eigenvalue weighted by Gasteiger charge is 2.40. The molecule has 0 radical (unpaired) electrons. The Balaban J connectivity index is 5.56. The SMILES string of the molecule is C[C@H](C(=O)O)N(C(=O)OC(C)(C)C)S(=O)(=O)N(C)C. The summed E-state index contributed by atoms with van der Waals surface area (Å²) in [6.07, 6.45) is -1.23. The first-order chi connectivity index (χ1) is 8.30. The zero-order valence-electron chi connectivity index (χ0n) is 11.9. The van der Waals surface area contributed by atoms with E-state index < -0.39 is 33.9 Å². The molecule has 0 saturated heterocycles. The van der Waals surface area contributed by atoms with Gasteiger partial charge in [0.25, 0.3) is 0 Å². The van der Waals surface area contributed by atoms with Crippen molar-refractivity contribution in [3.63, 3.8) is 0 Å². The summed E-state index contributed by atoms with van der Waals surface area (Å²) in [5, 5.41) is 8.91. The van der Waals surface area contributed by atoms with Gasteiger partial charge in [0.2, 0.25) is 0 Å². The van der Waals surface area contributed by atoms with E-state index in [2.05, 4.69) is 0 Å². The molecule has 1 atom stereocenters. The molecule has 0 aromatic carbocycles. The highest BCUT2D eigenvalue weighted by atomic mass is 32.2. The molecule has 8 nitrogen and oxygen atoms in total. The fraction of sp³-hybridized carbons (Fsp3) is 0.800. The van der Waals surface area contributed by atoms with E-state index in [0.29, 0.717) is 0 Å². The summed E-state index contributed by atoms with van der Waals surface area (Å²) < 4.78 is 29.9. The van der Waals surface area contributed by atoms with Crippen molar-refractivity contribution in [3.8, 4) is 0 Å². The van der Waals surface area contributed by atoms with Gasteiger partial charge < -0.3 is 9.84 Å². The first-order valence-electron chi connectivity index (χ1n) is 5.48. The van der Waals surface area contributed by atoms with Crippen LogP contribution in [0.5, 0.6) is 0 Å². The zero-order valence-corrected chi connectivity index (χ0v) is 12.7. The molecule has 112 valence electrons. The summed E-state index contributed by atoms with van der Waals surface area (Å²) in [6, 6.07) is -1.57. The number of nitrogens with zero attached hydrogens (tertiary/aromatic N) is 2. The van der Waals surface area contributed by atoms with E-state index >= 15 is 0 Å². The van der Waals surface area contributed by atoms with Crippen LogP contribution in [0.15, 0.2) is 0 Å². The maximum atomic E-state index is 12.0. The van der Waals surface area contributed by atoms with Gasteiger partial charge >= 0.3 is 22.3 Å². The Bertz CT molecular complexity index is 451. The minimum Gasteiger partial charge on any atom is -0.480 e. The van der Waals surface area contributed by atoms with Gasteiger partial charge in [-0.15, -0.1) is 0 Å². The summed E-state index contributed by atoms with van der Waals surface area (Å²) in [5.41, 5.74) is -0.935. The molecule has 0 aliphatic carbocycles. The van der Waals surface area contributed by atoms with Gasteiger partial charge in [-0.1, -0.05) is 0 Å². The highest BCUT2D eigenvalue weighted by Crippen LogP contribution is 2.17. The Morgan fingerprint density at radius 2 is 1.63 bits per heavy atom. The predicted molar refractivity (Wildman–Crippen MR) is 67.8 cm³/mol. The van der Waals surface area contributed by atoms with Crippen LogP contribution in [0.2, 0.25) is 0 Å². The minimum absolute atomic E-state index is 0.209. The average Bonchev–Trinajstić information content (AvgIpc) is 2.13. The van der Waals surface area contributed by atoms with E-state index in [9.17, 15) is 18.0 Å². The molecule has 0 heterocycles. The molecule has 0 saturated carbocycles. The maximum absolute atomic E-state index is 12.0. The Hall–Kier alpha value is -1.35. The number of amides is 1. The van der Waals surface area contributed by atoms with Crippen molar-refractivity contribution in [2.24, 2.45) is 0 Å². The van der Waals surface area contributed by atoms with Crippen molar-refractivity contribution in [1.82, 2.24) is 8.61 Å². The first kappa shape index (κ1) is 17.6. The highest BCUT2D eigenvalue weighted by molar-refractivity contribution is 7.87. The van der Waals surface area contributed by atoms with Gasteiger partial charge in [0.05, 0.1) is 0 Å². The number of aliphatic carboxylic acids is 1. The Labute approximate surface area is 113 Å². The largest absolute Gasteiger partial charge is 0.480 e. The van der Waals surface area contributed by atoms with E-state index in [-0.39, 0.29) is 4.31 Å². The van der Waals surface area contributed by atoms with E-state index in [0.717, 1.165) is 11.2 Å². The molecule has 0 unspecified atom stereocenters. The van der Waals surface area contributed by atoms with Crippen LogP contribution in [0.25, 0.3) is 0 Å². The third-order valence-corrected chi connectivity index (χ3v) is 3.88. The summed E-state index contributed by atoms with van der Waals surface area (Å²) in [7, 11) is -1.85. The molecule has 1 amide bonds. The smallest absolute Gasteiger partial charge is 0.425 e. The average molecular weight is 296 g/mol. The van der Waals surface area contributed by atoms with Gasteiger partial charge in [0.15, 0.2) is 0 Å². The van der Waals surface area contributed by atoms with E-state index in [4.69, 9.17) is 9.84 Å². The Morgan fingerprint density at radius 1 is 1.21 bits per heavy atom. The quantitative estimate of drug-likeness (QED) is 0.810. The van der Waals surface area contributed by atoms with E-state index in [1.54, 1.807) is 20.8 Å². The molecule has 9 heteroatoms. The van der Waals surface area contributed by atoms with Crippen LogP contribution in [-0.4, -0.2) is 59.9 Å². The van der Waals surface area contributed by atoms with E-state index in [1.807, 2.05) is 0 Å². The maximum Gasteiger partial charge on any atom is 0.425 e. The van der Waals surface area contributed by atoms with Gasteiger partial charge in [0, 0.05) is 14.1 Å². The third-order valence-electron chi connectivity index (χ3n) is 1.99. The van der Waals surface area contributed by atoms with Gasteiger partial charge in [-0.05, 0) is 27.7 Å². The van der Waals surface area contributed by atoms with Crippen LogP contribution < -0.4 is 0 Å². The molecule has 19 heavy (non-hydrogen) atoms. The number of hydrogen-bond donors (Lipinski definition) is 1. The lowest BCUT2D eigenvalue weighted by Crippen LogP contribution is -2.52. The van der Waals surface area contributed by atoms with Gasteiger partial charge in [-0.25, -0.2) is 9.59 Å². The van der Waals surface area contributed by atoms with Crippen molar-refractivity contribution in [1.29, 1.82) is 0 Å². The first-order valence-corrected chi connectivity index (χ1v) is 6.88. The topological polar surface area (TPSA) is 104 Å². The van der Waals surface area contributed by atoms with Crippen LogP contribution in [0.4, 0.5) is 4.79 Å². The molecule has 0 aliphatic rings. The zero-order chi connectivity index (χ0) is 15.6. The lowest BCUT2D eigenvalue weighted by molar-refractivity contribution is -0.140. The predicted octanol–water partition coefficient (Wildman–Crippen LogP) is 0.503. The third kappa shape index (κ3) is 4.67. The molecule has 0 aromatic heterocycles. The molecule has 0 fully saturated rings. The number of ether oxygens (including phenoxy) is 1. The van der Waals surface area contributed by atoms with Crippen molar-refractivity contribution >= 4 is 22.3 Å². The van der Waals surface area contributed by atoms with Crippen LogP contribution in [0, 0.1) is 0 Å². The van der Waals surface area contributed by atoms with Crippen molar-refractivity contribution in [2.45, 2.75) is 39.3 Å². The molecule has 0 bridgehead atoms. The van der Waals surface area contributed by atoms with Gasteiger partial charge in [-0.3, -0.25) is 0 Å². The standard InChI is InChI=1S/C10H20N2O6S/c1-7(8(13)14)12(19(16,17)11(5)6)9(15)18-10(2,3)4/h7H,1-6H3,(H,13,14)/t7-/m1/s1. The van der Waals surface area contributed by atoms with Crippen LogP contribution >= 0.6 is 0 Å². The fourth-order valence-corrected chi connectivity index (χ4v) is 2.10. The molecule has 0 aliphatic heterocycles. The van der Waals surface area contributed by atoms with Crippen molar-refractivity contribution < 1.29 is 27.9 Å². The second kappa shape index (κ2) is 5.74. The van der Waals surface area contributed by atoms with Gasteiger partial charge in [0.1, 0.15) is 11.6 Å². The molecular formula is C10H20N2O6S. The van der Waals surface area contributed by atoms with Crippen molar-refractivity contribution in [2.75, 3.05) is 14.1 Å². The van der Waals surface area contributed by atoms with Crippen LogP contribution in [0.3, 0.4) is 0 Å². The summed E-state index contributed by atoms with van der Waals surface area (Å²) >= 11 is 0. The second-order valence-corrected chi connectivity index (χ2v) is 7.10. The number of carbonyl (C=O) groups is 2. The van der Waals surface area contributed by atoms with Crippen LogP contribution in [-0.2, 0) is 19.7 Å². The lowest BCUT2D eigenvalue weighted by atomic mass is 10.2. The normalized spacial score (nSPS) is 14.1. The Morgan fingerprint density at radius 3 is 1.89 bits per heavy atom. The monoisotopic (exact) mass is 296 g/mol. The number of hydrogen-bond acceptors (Lipinski definition) is 5. The number of carbonyl (C=O) groups excluding carboxylic acids is 1. The molecule has 0 spiro atoms. The van der Waals surface area contributed by atoms with E-state index in [1.165, 1.54) is 14.1 Å².